The van der Waals surface area contributed by atoms with Crippen LogP contribution in [0.25, 0.3) is 12.2 Å². The zero-order valence-electron chi connectivity index (χ0n) is 32.2. The van der Waals surface area contributed by atoms with Gasteiger partial charge >= 0.3 is 0 Å². The van der Waals surface area contributed by atoms with Crippen LogP contribution < -0.4 is 9.47 Å². The van der Waals surface area contributed by atoms with Gasteiger partial charge in [-0.25, -0.2) is 0 Å². The summed E-state index contributed by atoms with van der Waals surface area (Å²) in [6.45, 7) is 3.83. The van der Waals surface area contributed by atoms with Gasteiger partial charge in [0, 0.05) is 31.3 Å². The molecule has 6 nitrogen and oxygen atoms in total. The molecular weight excluding hydrogens is 645 g/mol. The number of aryl methyl sites for hydroxylation is 1. The Labute approximate surface area is 312 Å². The molecule has 0 aliphatic heterocycles. The second kappa shape index (κ2) is 17.5. The third kappa shape index (κ3) is 9.23. The minimum atomic E-state index is -0.932. The van der Waals surface area contributed by atoms with Crippen LogP contribution in [0, 0.1) is 18.8 Å². The van der Waals surface area contributed by atoms with Gasteiger partial charge in [-0.15, -0.1) is 0 Å². The van der Waals surface area contributed by atoms with Crippen molar-refractivity contribution in [3.63, 3.8) is 0 Å². The first kappa shape index (κ1) is 39.0. The Balaban J connectivity index is 0.000000201. The Morgan fingerprint density at radius 2 is 1.17 bits per heavy atom. The lowest BCUT2D eigenvalue weighted by Crippen LogP contribution is -2.42. The van der Waals surface area contributed by atoms with E-state index in [-0.39, 0.29) is 11.8 Å². The topological polar surface area (TPSA) is 65.4 Å². The summed E-state index contributed by atoms with van der Waals surface area (Å²) in [4.78, 5) is 4.34. The molecule has 4 aromatic carbocycles. The van der Waals surface area contributed by atoms with Crippen LogP contribution in [-0.4, -0.2) is 81.1 Å². The third-order valence-corrected chi connectivity index (χ3v) is 10.7. The summed E-state index contributed by atoms with van der Waals surface area (Å²) in [5.74, 6) is 2.08. The summed E-state index contributed by atoms with van der Waals surface area (Å²) < 4.78 is 10.7. The molecule has 0 radical (unpaired) electrons. The summed E-state index contributed by atoms with van der Waals surface area (Å²) >= 11 is 0. The van der Waals surface area contributed by atoms with Crippen LogP contribution in [-0.2, 0) is 12.0 Å². The molecule has 4 aromatic rings. The number of aliphatic hydroxyl groups is 2. The van der Waals surface area contributed by atoms with E-state index >= 15 is 0 Å². The third-order valence-electron chi connectivity index (χ3n) is 10.7. The van der Waals surface area contributed by atoms with Crippen molar-refractivity contribution in [2.45, 2.75) is 50.2 Å². The normalized spacial score (nSPS) is 24.4. The van der Waals surface area contributed by atoms with E-state index in [1.165, 1.54) is 5.56 Å². The van der Waals surface area contributed by atoms with Gasteiger partial charge in [0.1, 0.15) is 17.1 Å². The SMILES string of the molecule is COc1cccc(C=C2CCC(CN(C)C)C2(O)Cc2ccccc2)c1.COc1cccc(C=C2CCC(CN(C)C)C2(O)c2ccccc2C)c1. The molecule has 2 aliphatic rings. The van der Waals surface area contributed by atoms with Crippen molar-refractivity contribution in [1.82, 2.24) is 9.80 Å². The van der Waals surface area contributed by atoms with Gasteiger partial charge in [0.2, 0.25) is 0 Å². The van der Waals surface area contributed by atoms with E-state index in [0.29, 0.717) is 6.42 Å². The number of methoxy groups -OCH3 is 2. The highest BCUT2D eigenvalue weighted by molar-refractivity contribution is 5.60. The molecule has 0 heterocycles. The van der Waals surface area contributed by atoms with Gasteiger partial charge < -0.3 is 29.5 Å². The molecule has 2 aliphatic carbocycles. The Morgan fingerprint density at radius 1 is 0.654 bits per heavy atom. The van der Waals surface area contributed by atoms with Gasteiger partial charge in [-0.1, -0.05) is 91.0 Å². The van der Waals surface area contributed by atoms with Crippen LogP contribution in [0.5, 0.6) is 11.5 Å². The summed E-state index contributed by atoms with van der Waals surface area (Å²) in [7, 11) is 11.7. The first-order chi connectivity index (χ1) is 25.0. The Bertz CT molecular complexity index is 1820. The smallest absolute Gasteiger partial charge is 0.119 e. The van der Waals surface area contributed by atoms with Crippen molar-refractivity contribution in [3.8, 4) is 11.5 Å². The van der Waals surface area contributed by atoms with Crippen LogP contribution in [0.1, 0.15) is 53.5 Å². The zero-order valence-corrected chi connectivity index (χ0v) is 32.2. The average Bonchev–Trinajstić information content (AvgIpc) is 3.59. The number of rotatable bonds is 11. The van der Waals surface area contributed by atoms with Crippen LogP contribution in [0.3, 0.4) is 0 Å². The van der Waals surface area contributed by atoms with Crippen LogP contribution >= 0.6 is 0 Å². The molecule has 0 spiro atoms. The molecule has 4 atom stereocenters. The standard InChI is InChI=1S/2C23H29NO2/c1-17-8-5-6-11-22(17)23(25)19(12-13-20(23)16-24(2)3)14-18-9-7-10-21(15-18)26-4;1-24(2)17-21-13-12-20(14-19-10-7-11-22(15-19)26-3)23(21,25)16-18-8-5-4-6-9-18/h5-11,14-15,20,25H,12-13,16H2,1-4H3;4-11,14-15,21,25H,12-13,16-17H2,1-3H3. The van der Waals surface area contributed by atoms with E-state index in [0.717, 1.165) is 83.7 Å². The largest absolute Gasteiger partial charge is 0.497 e. The highest BCUT2D eigenvalue weighted by atomic mass is 16.5. The molecule has 0 aromatic heterocycles. The molecule has 276 valence electrons. The van der Waals surface area contributed by atoms with Crippen LogP contribution in [0.4, 0.5) is 0 Å². The second-order valence-electron chi connectivity index (χ2n) is 15.1. The van der Waals surface area contributed by atoms with Crippen molar-refractivity contribution < 1.29 is 19.7 Å². The minimum Gasteiger partial charge on any atom is -0.497 e. The van der Waals surface area contributed by atoms with E-state index in [4.69, 9.17) is 9.47 Å². The van der Waals surface area contributed by atoms with E-state index in [1.807, 2.05) is 66.7 Å². The molecule has 4 unspecified atom stereocenters. The van der Waals surface area contributed by atoms with Gasteiger partial charge in [-0.3, -0.25) is 0 Å². The van der Waals surface area contributed by atoms with Gasteiger partial charge in [0.15, 0.2) is 0 Å². The fourth-order valence-electron chi connectivity index (χ4n) is 8.19. The maximum atomic E-state index is 12.0. The molecule has 0 saturated heterocycles. The lowest BCUT2D eigenvalue weighted by Gasteiger charge is -2.35. The number of hydrogen-bond donors (Lipinski definition) is 2. The van der Waals surface area contributed by atoms with E-state index in [1.54, 1.807) is 14.2 Å². The molecule has 2 saturated carbocycles. The maximum Gasteiger partial charge on any atom is 0.119 e. The highest BCUT2D eigenvalue weighted by Crippen LogP contribution is 2.49. The summed E-state index contributed by atoms with van der Waals surface area (Å²) in [6, 6.07) is 34.6. The first-order valence-corrected chi connectivity index (χ1v) is 18.5. The fourth-order valence-corrected chi connectivity index (χ4v) is 8.19. The summed E-state index contributed by atoms with van der Waals surface area (Å²) in [5.41, 5.74) is 5.96. The van der Waals surface area contributed by atoms with E-state index in [9.17, 15) is 10.2 Å². The molecule has 2 N–H and O–H groups in total. The molecular formula is C46H58N2O4. The molecule has 0 amide bonds. The van der Waals surface area contributed by atoms with Crippen molar-refractivity contribution >= 4 is 12.2 Å². The first-order valence-electron chi connectivity index (χ1n) is 18.5. The lowest BCUT2D eigenvalue weighted by atomic mass is 9.78. The van der Waals surface area contributed by atoms with Gasteiger partial charge in [-0.2, -0.15) is 0 Å². The minimum absolute atomic E-state index is 0.176. The van der Waals surface area contributed by atoms with Gasteiger partial charge in [0.25, 0.3) is 0 Å². The van der Waals surface area contributed by atoms with Gasteiger partial charge in [0.05, 0.1) is 19.8 Å². The summed E-state index contributed by atoms with van der Waals surface area (Å²) in [5, 5.41) is 23.7. The highest BCUT2D eigenvalue weighted by Gasteiger charge is 2.47. The second-order valence-corrected chi connectivity index (χ2v) is 15.1. The predicted molar refractivity (Wildman–Crippen MR) is 215 cm³/mol. The Hall–Kier alpha value is -4.20. The fraction of sp³-hybridized carbons (Fsp3) is 0.391. The van der Waals surface area contributed by atoms with Crippen molar-refractivity contribution in [2.75, 3.05) is 55.5 Å². The predicted octanol–water partition coefficient (Wildman–Crippen LogP) is 8.27. The number of nitrogens with zero attached hydrogens (tertiary/aromatic N) is 2. The monoisotopic (exact) mass is 702 g/mol. The van der Waals surface area contributed by atoms with Gasteiger partial charge in [-0.05, 0) is 124 Å². The van der Waals surface area contributed by atoms with Crippen molar-refractivity contribution in [3.05, 3.63) is 142 Å². The molecule has 2 fully saturated rings. The Morgan fingerprint density at radius 3 is 1.75 bits per heavy atom. The zero-order chi connectivity index (χ0) is 37.3. The van der Waals surface area contributed by atoms with E-state index in [2.05, 4.69) is 93.5 Å². The number of hydrogen-bond acceptors (Lipinski definition) is 6. The molecule has 6 rings (SSSR count). The van der Waals surface area contributed by atoms with Crippen LogP contribution in [0.15, 0.2) is 114 Å². The average molecular weight is 703 g/mol. The molecule has 0 bridgehead atoms. The maximum absolute atomic E-state index is 12.0. The number of ether oxygens (including phenoxy) is 2. The quantitative estimate of drug-likeness (QED) is 0.164. The number of benzene rings is 4. The molecule has 52 heavy (non-hydrogen) atoms. The van der Waals surface area contributed by atoms with E-state index < -0.39 is 11.2 Å². The molecule has 6 heteroatoms. The Kier molecular flexibility index (Phi) is 13.2. The van der Waals surface area contributed by atoms with Crippen LogP contribution in [0.2, 0.25) is 0 Å². The summed E-state index contributed by atoms with van der Waals surface area (Å²) in [6.07, 6.45) is 8.78. The van der Waals surface area contributed by atoms with Crippen molar-refractivity contribution in [2.24, 2.45) is 11.8 Å². The van der Waals surface area contributed by atoms with Crippen molar-refractivity contribution in [1.29, 1.82) is 0 Å². The lowest BCUT2D eigenvalue weighted by molar-refractivity contribution is 0.0211.